The molecule has 1 aliphatic heterocycles. The van der Waals surface area contributed by atoms with Crippen molar-refractivity contribution in [2.45, 2.75) is 52.2 Å². The first kappa shape index (κ1) is 14.5. The third-order valence-electron chi connectivity index (χ3n) is 4.03. The minimum atomic E-state index is 0.425. The van der Waals surface area contributed by atoms with Crippen LogP contribution in [-0.4, -0.2) is 25.3 Å². The molecule has 1 aliphatic rings. The molecule has 1 fully saturated rings. The smallest absolute Gasteiger partial charge is 0.0551 e. The number of aryl methyl sites for hydroxylation is 1. The van der Waals surface area contributed by atoms with E-state index < -0.39 is 0 Å². The second-order valence-electron chi connectivity index (χ2n) is 5.89. The van der Waals surface area contributed by atoms with Gasteiger partial charge in [0.15, 0.2) is 0 Å². The summed E-state index contributed by atoms with van der Waals surface area (Å²) < 4.78 is 5.74. The van der Waals surface area contributed by atoms with Crippen LogP contribution in [0.15, 0.2) is 24.3 Å². The maximum atomic E-state index is 5.74. The van der Waals surface area contributed by atoms with Gasteiger partial charge in [-0.3, -0.25) is 0 Å². The van der Waals surface area contributed by atoms with Crippen LogP contribution >= 0.6 is 0 Å². The molecule has 19 heavy (non-hydrogen) atoms. The predicted molar refractivity (Wildman–Crippen MR) is 80.5 cm³/mol. The average Bonchev–Trinajstić information content (AvgIpc) is 2.83. The van der Waals surface area contributed by atoms with Crippen molar-refractivity contribution < 1.29 is 4.74 Å². The molecule has 0 radical (unpaired) electrons. The van der Waals surface area contributed by atoms with E-state index in [0.717, 1.165) is 19.6 Å². The minimum absolute atomic E-state index is 0.425. The molecule has 1 heterocycles. The summed E-state index contributed by atoms with van der Waals surface area (Å²) in [6.07, 6.45) is 3.91. The number of ether oxygens (including phenoxy) is 1. The molecule has 1 aromatic carbocycles. The van der Waals surface area contributed by atoms with Crippen LogP contribution in [0.25, 0.3) is 0 Å². The highest BCUT2D eigenvalue weighted by Gasteiger charge is 2.29. The molecule has 1 aromatic rings. The Morgan fingerprint density at radius 3 is 2.63 bits per heavy atom. The van der Waals surface area contributed by atoms with E-state index in [-0.39, 0.29) is 0 Å². The lowest BCUT2D eigenvalue weighted by atomic mass is 9.91. The summed E-state index contributed by atoms with van der Waals surface area (Å²) in [7, 11) is 0. The van der Waals surface area contributed by atoms with E-state index in [1.807, 2.05) is 0 Å². The normalized spacial score (nSPS) is 24.6. The van der Waals surface area contributed by atoms with E-state index in [9.17, 15) is 0 Å². The van der Waals surface area contributed by atoms with Gasteiger partial charge in [0.2, 0.25) is 0 Å². The maximum absolute atomic E-state index is 5.74. The van der Waals surface area contributed by atoms with Crippen LogP contribution < -0.4 is 5.32 Å². The molecule has 2 rings (SSSR count). The highest BCUT2D eigenvalue weighted by Crippen LogP contribution is 2.24. The summed E-state index contributed by atoms with van der Waals surface area (Å²) in [5.41, 5.74) is 2.76. The Hall–Kier alpha value is -0.860. The lowest BCUT2D eigenvalue weighted by Crippen LogP contribution is -2.39. The molecule has 3 unspecified atom stereocenters. The second-order valence-corrected chi connectivity index (χ2v) is 5.89. The zero-order valence-electron chi connectivity index (χ0n) is 12.5. The quantitative estimate of drug-likeness (QED) is 0.848. The van der Waals surface area contributed by atoms with Crippen molar-refractivity contribution in [2.24, 2.45) is 5.92 Å². The van der Waals surface area contributed by atoms with E-state index >= 15 is 0 Å². The lowest BCUT2D eigenvalue weighted by Gasteiger charge is -2.24. The van der Waals surface area contributed by atoms with Crippen molar-refractivity contribution in [1.29, 1.82) is 0 Å². The number of nitrogens with one attached hydrogen (secondary N) is 1. The molecule has 0 aliphatic carbocycles. The average molecular weight is 261 g/mol. The molecule has 0 amide bonds. The van der Waals surface area contributed by atoms with Crippen molar-refractivity contribution in [3.8, 4) is 0 Å². The predicted octanol–water partition coefficient (Wildman–Crippen LogP) is 3.33. The minimum Gasteiger partial charge on any atom is -0.378 e. The van der Waals surface area contributed by atoms with Gasteiger partial charge in [0.05, 0.1) is 12.7 Å². The Kier molecular flexibility index (Phi) is 5.41. The number of rotatable bonds is 6. The van der Waals surface area contributed by atoms with Gasteiger partial charge in [-0.2, -0.15) is 0 Å². The summed E-state index contributed by atoms with van der Waals surface area (Å²) in [6, 6.07) is 9.48. The Morgan fingerprint density at radius 2 is 2.05 bits per heavy atom. The number of hydrogen-bond acceptors (Lipinski definition) is 2. The zero-order valence-corrected chi connectivity index (χ0v) is 12.5. The van der Waals surface area contributed by atoms with Gasteiger partial charge in [-0.15, -0.1) is 0 Å². The van der Waals surface area contributed by atoms with E-state index in [4.69, 9.17) is 4.74 Å². The molecular formula is C17H27NO. The second kappa shape index (κ2) is 7.06. The van der Waals surface area contributed by atoms with Gasteiger partial charge in [0.25, 0.3) is 0 Å². The Balaban J connectivity index is 1.98. The van der Waals surface area contributed by atoms with Crippen LogP contribution in [0.3, 0.4) is 0 Å². The standard InChI is InChI=1S/C17H27NO/c1-4-9-18-17(16-10-14(3)19-12-16)11-15-7-5-13(2)6-8-15/h5-8,14,16-18H,4,9-12H2,1-3H3. The summed E-state index contributed by atoms with van der Waals surface area (Å²) in [5.74, 6) is 0.655. The number of benzene rings is 1. The van der Waals surface area contributed by atoms with Crippen molar-refractivity contribution in [3.63, 3.8) is 0 Å². The highest BCUT2D eigenvalue weighted by molar-refractivity contribution is 5.22. The van der Waals surface area contributed by atoms with Crippen LogP contribution in [0.2, 0.25) is 0 Å². The van der Waals surface area contributed by atoms with Crippen LogP contribution in [0.4, 0.5) is 0 Å². The molecule has 0 aromatic heterocycles. The summed E-state index contributed by atoms with van der Waals surface area (Å²) in [4.78, 5) is 0. The largest absolute Gasteiger partial charge is 0.378 e. The molecule has 0 saturated carbocycles. The van der Waals surface area contributed by atoms with Crippen molar-refractivity contribution >= 4 is 0 Å². The van der Waals surface area contributed by atoms with Gasteiger partial charge in [-0.25, -0.2) is 0 Å². The molecule has 0 spiro atoms. The van der Waals surface area contributed by atoms with E-state index in [1.54, 1.807) is 0 Å². The first-order valence-electron chi connectivity index (χ1n) is 7.59. The molecule has 3 atom stereocenters. The first-order valence-corrected chi connectivity index (χ1v) is 7.59. The zero-order chi connectivity index (χ0) is 13.7. The summed E-state index contributed by atoms with van der Waals surface area (Å²) >= 11 is 0. The molecule has 2 heteroatoms. The van der Waals surface area contributed by atoms with Gasteiger partial charge in [0, 0.05) is 12.0 Å². The fourth-order valence-electron chi connectivity index (χ4n) is 2.84. The summed E-state index contributed by atoms with van der Waals surface area (Å²) in [6.45, 7) is 8.56. The molecule has 1 N–H and O–H groups in total. The molecule has 0 bridgehead atoms. The van der Waals surface area contributed by atoms with E-state index in [1.165, 1.54) is 24.0 Å². The Bertz CT molecular complexity index is 373. The lowest BCUT2D eigenvalue weighted by molar-refractivity contribution is 0.117. The van der Waals surface area contributed by atoms with Gasteiger partial charge in [0.1, 0.15) is 0 Å². The van der Waals surface area contributed by atoms with Gasteiger partial charge >= 0.3 is 0 Å². The third-order valence-corrected chi connectivity index (χ3v) is 4.03. The number of hydrogen-bond donors (Lipinski definition) is 1. The van der Waals surface area contributed by atoms with Crippen LogP contribution in [0.5, 0.6) is 0 Å². The third kappa shape index (κ3) is 4.32. The van der Waals surface area contributed by atoms with Crippen LogP contribution in [0.1, 0.15) is 37.8 Å². The fourth-order valence-corrected chi connectivity index (χ4v) is 2.84. The monoisotopic (exact) mass is 261 g/mol. The van der Waals surface area contributed by atoms with Crippen LogP contribution in [0, 0.1) is 12.8 Å². The first-order chi connectivity index (χ1) is 9.19. The maximum Gasteiger partial charge on any atom is 0.0551 e. The van der Waals surface area contributed by atoms with E-state index in [0.29, 0.717) is 18.1 Å². The summed E-state index contributed by atoms with van der Waals surface area (Å²) in [5, 5.41) is 3.72. The molecule has 1 saturated heterocycles. The topological polar surface area (TPSA) is 21.3 Å². The SMILES string of the molecule is CCCNC(Cc1ccc(C)cc1)C1COC(C)C1. The Morgan fingerprint density at radius 1 is 1.32 bits per heavy atom. The van der Waals surface area contributed by atoms with E-state index in [2.05, 4.69) is 50.4 Å². The molecular weight excluding hydrogens is 234 g/mol. The van der Waals surface area contributed by atoms with Crippen molar-refractivity contribution in [2.75, 3.05) is 13.2 Å². The fraction of sp³-hybridized carbons (Fsp3) is 0.647. The highest BCUT2D eigenvalue weighted by atomic mass is 16.5. The Labute approximate surface area is 117 Å². The van der Waals surface area contributed by atoms with Crippen molar-refractivity contribution in [1.82, 2.24) is 5.32 Å². The molecule has 2 nitrogen and oxygen atoms in total. The van der Waals surface area contributed by atoms with Gasteiger partial charge in [-0.05, 0) is 45.2 Å². The van der Waals surface area contributed by atoms with Crippen molar-refractivity contribution in [3.05, 3.63) is 35.4 Å². The molecule has 106 valence electrons. The van der Waals surface area contributed by atoms with Crippen LogP contribution in [-0.2, 0) is 11.2 Å². The van der Waals surface area contributed by atoms with Gasteiger partial charge in [-0.1, -0.05) is 36.8 Å². The van der Waals surface area contributed by atoms with Gasteiger partial charge < -0.3 is 10.1 Å².